The lowest BCUT2D eigenvalue weighted by Gasteiger charge is -2.34. The third kappa shape index (κ3) is 5.95. The molecule has 2 rings (SSSR count). The minimum absolute atomic E-state index is 0. The first kappa shape index (κ1) is 20.2. The molecular formula is C15H22Cl2N2O3S. The fourth-order valence-electron chi connectivity index (χ4n) is 2.47. The van der Waals surface area contributed by atoms with Crippen LogP contribution in [0.5, 0.6) is 0 Å². The lowest BCUT2D eigenvalue weighted by Crippen LogP contribution is -2.44. The third-order valence-corrected chi connectivity index (χ3v) is 5.90. The average Bonchev–Trinajstić information content (AvgIpc) is 2.46. The molecule has 0 aliphatic carbocycles. The summed E-state index contributed by atoms with van der Waals surface area (Å²) in [6.07, 6.45) is 1.94. The Morgan fingerprint density at radius 1 is 1.26 bits per heavy atom. The normalized spacial score (nSPS) is 17.1. The van der Waals surface area contributed by atoms with Gasteiger partial charge in [-0.1, -0.05) is 18.5 Å². The third-order valence-electron chi connectivity index (χ3n) is 4.02. The summed E-state index contributed by atoms with van der Waals surface area (Å²) in [6, 6.07) is 5.84. The topological polar surface area (TPSA) is 75.3 Å². The zero-order chi connectivity index (χ0) is 16.2. The highest BCUT2D eigenvalue weighted by Gasteiger charge is 2.28. The summed E-state index contributed by atoms with van der Waals surface area (Å²) in [6.45, 7) is 4.47. The number of piperidine rings is 1. The standard InChI is InChI=1S/C15H21ClN2O3S.ClH/c1-15(6-8-17-9-7-15)11-18-14(19)10-22(20,21)13-4-2-12(16)3-5-13;/h2-5,17H,6-11H2,1H3,(H,18,19);1H. The number of amides is 1. The average molecular weight is 381 g/mol. The quantitative estimate of drug-likeness (QED) is 0.819. The number of hydrogen-bond acceptors (Lipinski definition) is 4. The highest BCUT2D eigenvalue weighted by molar-refractivity contribution is 7.92. The van der Waals surface area contributed by atoms with Crippen LogP contribution in [0.4, 0.5) is 0 Å². The lowest BCUT2D eigenvalue weighted by molar-refractivity contribution is -0.119. The molecule has 1 amide bonds. The number of nitrogens with one attached hydrogen (secondary N) is 2. The maximum absolute atomic E-state index is 12.2. The number of hydrogen-bond donors (Lipinski definition) is 2. The van der Waals surface area contributed by atoms with E-state index in [2.05, 4.69) is 17.6 Å². The van der Waals surface area contributed by atoms with Gasteiger partial charge in [-0.3, -0.25) is 4.79 Å². The molecule has 1 aliphatic rings. The minimum Gasteiger partial charge on any atom is -0.355 e. The molecule has 1 saturated heterocycles. The first-order valence-electron chi connectivity index (χ1n) is 7.27. The maximum Gasteiger partial charge on any atom is 0.235 e. The van der Waals surface area contributed by atoms with Crippen molar-refractivity contribution in [3.05, 3.63) is 29.3 Å². The second-order valence-corrected chi connectivity index (χ2v) is 8.48. The van der Waals surface area contributed by atoms with Gasteiger partial charge < -0.3 is 10.6 Å². The molecule has 1 heterocycles. The van der Waals surface area contributed by atoms with Crippen molar-refractivity contribution in [2.75, 3.05) is 25.4 Å². The predicted octanol–water partition coefficient (Wildman–Crippen LogP) is 2.04. The highest BCUT2D eigenvalue weighted by Crippen LogP contribution is 2.26. The number of carbonyl (C=O) groups excluding carboxylic acids is 1. The molecule has 0 saturated carbocycles. The van der Waals surface area contributed by atoms with Gasteiger partial charge in [-0.2, -0.15) is 0 Å². The van der Waals surface area contributed by atoms with E-state index in [0.29, 0.717) is 11.6 Å². The zero-order valence-electron chi connectivity index (χ0n) is 13.0. The van der Waals surface area contributed by atoms with E-state index in [9.17, 15) is 13.2 Å². The molecule has 5 nitrogen and oxygen atoms in total. The van der Waals surface area contributed by atoms with Gasteiger partial charge in [-0.15, -0.1) is 12.4 Å². The van der Waals surface area contributed by atoms with Crippen LogP contribution in [0.15, 0.2) is 29.2 Å². The molecule has 1 aliphatic heterocycles. The van der Waals surface area contributed by atoms with Crippen molar-refractivity contribution < 1.29 is 13.2 Å². The van der Waals surface area contributed by atoms with Crippen molar-refractivity contribution in [1.82, 2.24) is 10.6 Å². The number of sulfone groups is 1. The van der Waals surface area contributed by atoms with Crippen molar-refractivity contribution >= 4 is 39.8 Å². The molecule has 1 fully saturated rings. The molecule has 1 aromatic rings. The largest absolute Gasteiger partial charge is 0.355 e. The predicted molar refractivity (Wildman–Crippen MR) is 94.0 cm³/mol. The van der Waals surface area contributed by atoms with Gasteiger partial charge >= 0.3 is 0 Å². The summed E-state index contributed by atoms with van der Waals surface area (Å²) < 4.78 is 24.3. The molecule has 0 spiro atoms. The Kier molecular flexibility index (Phi) is 7.32. The molecule has 2 N–H and O–H groups in total. The van der Waals surface area contributed by atoms with Crippen LogP contribution in [0.25, 0.3) is 0 Å². The van der Waals surface area contributed by atoms with Crippen molar-refractivity contribution in [3.8, 4) is 0 Å². The molecule has 1 aromatic carbocycles. The maximum atomic E-state index is 12.2. The van der Waals surface area contributed by atoms with E-state index >= 15 is 0 Å². The van der Waals surface area contributed by atoms with Gasteiger partial charge in [-0.05, 0) is 55.6 Å². The number of carbonyl (C=O) groups is 1. The van der Waals surface area contributed by atoms with Gasteiger partial charge in [-0.25, -0.2) is 8.42 Å². The zero-order valence-corrected chi connectivity index (χ0v) is 15.4. The van der Waals surface area contributed by atoms with Crippen LogP contribution < -0.4 is 10.6 Å². The molecule has 0 aromatic heterocycles. The van der Waals surface area contributed by atoms with Crippen LogP contribution in [0.2, 0.25) is 5.02 Å². The Hall–Kier alpha value is -0.820. The van der Waals surface area contributed by atoms with Crippen molar-refractivity contribution in [2.24, 2.45) is 5.41 Å². The van der Waals surface area contributed by atoms with Crippen molar-refractivity contribution in [2.45, 2.75) is 24.7 Å². The molecule has 0 radical (unpaired) electrons. The summed E-state index contributed by atoms with van der Waals surface area (Å²) in [4.78, 5) is 12.1. The van der Waals surface area contributed by atoms with Crippen LogP contribution in [0.1, 0.15) is 19.8 Å². The van der Waals surface area contributed by atoms with Crippen LogP contribution in [0, 0.1) is 5.41 Å². The molecular weight excluding hydrogens is 359 g/mol. The summed E-state index contributed by atoms with van der Waals surface area (Å²) in [5.41, 5.74) is 0.0327. The van der Waals surface area contributed by atoms with Crippen LogP contribution in [-0.4, -0.2) is 39.7 Å². The van der Waals surface area contributed by atoms with Gasteiger partial charge in [0, 0.05) is 11.6 Å². The smallest absolute Gasteiger partial charge is 0.235 e. The molecule has 8 heteroatoms. The Bertz CT molecular complexity index is 627. The Morgan fingerprint density at radius 3 is 2.39 bits per heavy atom. The van der Waals surface area contributed by atoms with E-state index in [1.165, 1.54) is 24.3 Å². The number of benzene rings is 1. The van der Waals surface area contributed by atoms with E-state index in [4.69, 9.17) is 11.6 Å². The van der Waals surface area contributed by atoms with Gasteiger partial charge in [0.2, 0.25) is 5.91 Å². The Morgan fingerprint density at radius 2 is 1.83 bits per heavy atom. The SMILES string of the molecule is CC1(CNC(=O)CS(=O)(=O)c2ccc(Cl)cc2)CCNCC1.Cl. The molecule has 0 atom stereocenters. The van der Waals surface area contributed by atoms with E-state index in [1.54, 1.807) is 0 Å². The summed E-state index contributed by atoms with van der Waals surface area (Å²) in [5.74, 6) is -1.00. The monoisotopic (exact) mass is 380 g/mol. The minimum atomic E-state index is -3.63. The first-order chi connectivity index (χ1) is 10.3. The van der Waals surface area contributed by atoms with Crippen molar-refractivity contribution in [3.63, 3.8) is 0 Å². The molecule has 0 unspecified atom stereocenters. The van der Waals surface area contributed by atoms with Gasteiger partial charge in [0.05, 0.1) is 4.90 Å². The van der Waals surface area contributed by atoms with Crippen molar-refractivity contribution in [1.29, 1.82) is 0 Å². The summed E-state index contributed by atoms with van der Waals surface area (Å²) >= 11 is 5.74. The molecule has 23 heavy (non-hydrogen) atoms. The summed E-state index contributed by atoms with van der Waals surface area (Å²) in [7, 11) is -3.63. The lowest BCUT2D eigenvalue weighted by atomic mass is 9.81. The number of halogens is 2. The van der Waals surface area contributed by atoms with Gasteiger partial charge in [0.25, 0.3) is 0 Å². The van der Waals surface area contributed by atoms with E-state index < -0.39 is 21.5 Å². The fourth-order valence-corrected chi connectivity index (χ4v) is 3.76. The second-order valence-electron chi connectivity index (χ2n) is 6.05. The summed E-state index contributed by atoms with van der Waals surface area (Å²) in [5, 5.41) is 6.49. The van der Waals surface area contributed by atoms with Crippen LogP contribution in [-0.2, 0) is 14.6 Å². The van der Waals surface area contributed by atoms with Crippen LogP contribution in [0.3, 0.4) is 0 Å². The number of rotatable bonds is 5. The molecule has 0 bridgehead atoms. The fraction of sp³-hybridized carbons (Fsp3) is 0.533. The molecule has 130 valence electrons. The van der Waals surface area contributed by atoms with E-state index in [1.807, 2.05) is 0 Å². The second kappa shape index (κ2) is 8.33. The van der Waals surface area contributed by atoms with Gasteiger partial charge in [0.15, 0.2) is 9.84 Å². The van der Waals surface area contributed by atoms with Crippen LogP contribution >= 0.6 is 24.0 Å². The highest BCUT2D eigenvalue weighted by atomic mass is 35.5. The Balaban J connectivity index is 0.00000264. The first-order valence-corrected chi connectivity index (χ1v) is 9.30. The Labute approximate surface area is 148 Å². The van der Waals surface area contributed by atoms with Gasteiger partial charge in [0.1, 0.15) is 5.75 Å². The van der Waals surface area contributed by atoms with E-state index in [0.717, 1.165) is 25.9 Å². The van der Waals surface area contributed by atoms with E-state index in [-0.39, 0.29) is 22.7 Å².